The second-order valence-electron chi connectivity index (χ2n) is 7.29. The Labute approximate surface area is 208 Å². The molecule has 17 heteroatoms. The van der Waals surface area contributed by atoms with Crippen LogP contribution in [-0.4, -0.2) is 70.9 Å². The lowest BCUT2D eigenvalue weighted by molar-refractivity contribution is -0.219. The lowest BCUT2D eigenvalue weighted by atomic mass is 10.2. The van der Waals surface area contributed by atoms with Crippen LogP contribution in [0.25, 0.3) is 10.9 Å². The van der Waals surface area contributed by atoms with Crippen LogP contribution in [0, 0.1) is 0 Å². The first-order valence-corrected chi connectivity index (χ1v) is 13.2. The van der Waals surface area contributed by atoms with Crippen LogP contribution in [-0.2, 0) is 29.5 Å². The molecule has 3 rings (SSSR count). The zero-order valence-corrected chi connectivity index (χ0v) is 21.2. The number of sulfone groups is 1. The third-order valence-electron chi connectivity index (χ3n) is 4.81. The second-order valence-corrected chi connectivity index (χ2v) is 11.2. The van der Waals surface area contributed by atoms with Crippen LogP contribution < -0.4 is 14.8 Å². The van der Waals surface area contributed by atoms with E-state index in [1.54, 1.807) is 6.07 Å². The highest BCUT2D eigenvalue weighted by molar-refractivity contribution is 7.91. The van der Waals surface area contributed by atoms with Gasteiger partial charge in [0.1, 0.15) is 23.6 Å². The van der Waals surface area contributed by atoms with Crippen LogP contribution in [0.2, 0.25) is 0 Å². The van der Waals surface area contributed by atoms with Gasteiger partial charge in [0.2, 0.25) is 0 Å². The van der Waals surface area contributed by atoms with E-state index in [1.165, 1.54) is 20.3 Å². The fourth-order valence-electron chi connectivity index (χ4n) is 3.09. The predicted octanol–water partition coefficient (Wildman–Crippen LogP) is 2.44. The first-order valence-electron chi connectivity index (χ1n) is 9.85. The molecule has 0 fully saturated rings. The van der Waals surface area contributed by atoms with Crippen molar-refractivity contribution in [2.24, 2.45) is 0 Å². The quantitative estimate of drug-likeness (QED) is 0.401. The molecule has 37 heavy (non-hydrogen) atoms. The number of anilines is 2. The summed E-state index contributed by atoms with van der Waals surface area (Å²) in [6.45, 7) is 0. The van der Waals surface area contributed by atoms with E-state index in [9.17, 15) is 34.8 Å². The van der Waals surface area contributed by atoms with Crippen LogP contribution >= 0.6 is 0 Å². The minimum atomic E-state index is -5.45. The van der Waals surface area contributed by atoms with E-state index in [1.807, 2.05) is 0 Å². The number of rotatable bonds is 8. The Morgan fingerprint density at radius 2 is 1.70 bits per heavy atom. The summed E-state index contributed by atoms with van der Waals surface area (Å²) in [6, 6.07) is 5.66. The summed E-state index contributed by atoms with van der Waals surface area (Å²) >= 11 is 0. The summed E-state index contributed by atoms with van der Waals surface area (Å²) in [5, 5.41) is 3.02. The number of sulfonamides is 1. The van der Waals surface area contributed by atoms with Gasteiger partial charge in [-0.3, -0.25) is 0 Å². The average molecular weight is 565 g/mol. The number of alkyl halides is 3. The third-order valence-corrected chi connectivity index (χ3v) is 7.57. The Morgan fingerprint density at radius 3 is 2.27 bits per heavy atom. The van der Waals surface area contributed by atoms with Gasteiger partial charge in [0.15, 0.2) is 9.84 Å². The van der Waals surface area contributed by atoms with Gasteiger partial charge in [0, 0.05) is 25.4 Å². The average Bonchev–Trinajstić information content (AvgIpc) is 2.81. The number of carbonyl (C=O) groups is 1. The molecular formula is C20H19F3N4O8S2. The summed E-state index contributed by atoms with van der Waals surface area (Å²) in [5.74, 6) is -2.11. The molecule has 1 N–H and O–H groups in total. The van der Waals surface area contributed by atoms with E-state index in [4.69, 9.17) is 9.47 Å². The lowest BCUT2D eigenvalue weighted by Gasteiger charge is -2.19. The maximum atomic E-state index is 12.8. The van der Waals surface area contributed by atoms with Gasteiger partial charge < -0.3 is 19.6 Å². The molecule has 0 bridgehead atoms. The fraction of sp³-hybridized carbons (Fsp3) is 0.250. The Kier molecular flexibility index (Phi) is 7.52. The van der Waals surface area contributed by atoms with Crippen LogP contribution in [0.4, 0.5) is 24.7 Å². The molecule has 0 aliphatic rings. The Balaban J connectivity index is 2.15. The standard InChI is InChI=1S/C20H19F3N4O8S2/c1-27(35-19(28)20(21,22)23)37(31,32)12-5-6-16(36(4,29)30)13(9-12)26-18-17-14(24-10-25-18)7-11(33-2)8-15(17)34-3/h5-10H,1-4H3,(H,24,25,26). The summed E-state index contributed by atoms with van der Waals surface area (Å²) in [7, 11) is -5.45. The first kappa shape index (κ1) is 27.9. The molecule has 0 aliphatic carbocycles. The molecule has 0 unspecified atom stereocenters. The minimum Gasteiger partial charge on any atom is -0.497 e. The van der Waals surface area contributed by atoms with E-state index < -0.39 is 36.9 Å². The van der Waals surface area contributed by atoms with Crippen LogP contribution in [0.1, 0.15) is 0 Å². The summed E-state index contributed by atoms with van der Waals surface area (Å²) < 4.78 is 98.2. The van der Waals surface area contributed by atoms with Crippen molar-refractivity contribution in [3.05, 3.63) is 36.7 Å². The van der Waals surface area contributed by atoms with Gasteiger partial charge in [-0.05, 0) is 22.7 Å². The van der Waals surface area contributed by atoms with Gasteiger partial charge in [0.05, 0.1) is 40.6 Å². The number of methoxy groups -OCH3 is 2. The fourth-order valence-corrected chi connectivity index (χ4v) is 4.88. The van der Waals surface area contributed by atoms with Crippen molar-refractivity contribution in [1.29, 1.82) is 0 Å². The summed E-state index contributed by atoms with van der Waals surface area (Å²) in [5.41, 5.74) is 0.0363. The number of aromatic nitrogens is 2. The highest BCUT2D eigenvalue weighted by Gasteiger charge is 2.44. The number of benzene rings is 2. The molecule has 3 aromatic rings. The van der Waals surface area contributed by atoms with E-state index >= 15 is 0 Å². The molecule has 0 amide bonds. The second kappa shape index (κ2) is 9.98. The van der Waals surface area contributed by atoms with E-state index in [0.717, 1.165) is 30.8 Å². The first-order chi connectivity index (χ1) is 17.1. The number of hydrogen-bond donors (Lipinski definition) is 1. The largest absolute Gasteiger partial charge is 0.497 e. The van der Waals surface area contributed by atoms with E-state index in [-0.39, 0.29) is 32.0 Å². The molecule has 2 aromatic carbocycles. The van der Waals surface area contributed by atoms with Gasteiger partial charge in [-0.25, -0.2) is 31.6 Å². The number of halogens is 3. The molecule has 0 atom stereocenters. The van der Waals surface area contributed by atoms with Crippen molar-refractivity contribution in [2.75, 3.05) is 32.8 Å². The molecule has 0 spiro atoms. The van der Waals surface area contributed by atoms with Crippen molar-refractivity contribution in [2.45, 2.75) is 16.0 Å². The SMILES string of the molecule is COc1cc(OC)c2c(Nc3cc(S(=O)(=O)N(C)OC(=O)C(F)(F)F)ccc3S(C)(=O)=O)ncnc2c1. The molecule has 1 aromatic heterocycles. The molecule has 12 nitrogen and oxygen atoms in total. The van der Waals surface area contributed by atoms with Crippen molar-refractivity contribution in [3.63, 3.8) is 0 Å². The van der Waals surface area contributed by atoms with Crippen LogP contribution in [0.15, 0.2) is 46.5 Å². The zero-order valence-electron chi connectivity index (χ0n) is 19.5. The lowest BCUT2D eigenvalue weighted by Crippen LogP contribution is -2.36. The van der Waals surface area contributed by atoms with E-state index in [2.05, 4.69) is 20.1 Å². The number of nitrogens with one attached hydrogen (secondary N) is 1. The van der Waals surface area contributed by atoms with Crippen molar-refractivity contribution in [1.82, 2.24) is 14.4 Å². The Bertz CT molecular complexity index is 1580. The maximum absolute atomic E-state index is 12.8. The van der Waals surface area contributed by atoms with Crippen molar-refractivity contribution in [3.8, 4) is 11.5 Å². The highest BCUT2D eigenvalue weighted by atomic mass is 32.2. The van der Waals surface area contributed by atoms with Crippen LogP contribution in [0.5, 0.6) is 11.5 Å². The Morgan fingerprint density at radius 1 is 1.03 bits per heavy atom. The van der Waals surface area contributed by atoms with Gasteiger partial charge in [-0.15, -0.1) is 0 Å². The van der Waals surface area contributed by atoms with Crippen molar-refractivity contribution >= 4 is 48.2 Å². The number of fused-ring (bicyclic) bond motifs is 1. The maximum Gasteiger partial charge on any atom is 0.492 e. The monoisotopic (exact) mass is 564 g/mol. The molecule has 200 valence electrons. The highest BCUT2D eigenvalue weighted by Crippen LogP contribution is 2.37. The van der Waals surface area contributed by atoms with Gasteiger partial charge in [-0.2, -0.15) is 13.2 Å². The van der Waals surface area contributed by atoms with Gasteiger partial charge >= 0.3 is 12.1 Å². The smallest absolute Gasteiger partial charge is 0.492 e. The molecule has 0 saturated carbocycles. The number of nitrogens with zero attached hydrogens (tertiary/aromatic N) is 3. The third kappa shape index (κ3) is 5.83. The van der Waals surface area contributed by atoms with Crippen molar-refractivity contribution < 1.29 is 49.1 Å². The number of ether oxygens (including phenoxy) is 2. The zero-order chi connectivity index (χ0) is 27.8. The molecule has 0 saturated heterocycles. The summed E-state index contributed by atoms with van der Waals surface area (Å²) in [4.78, 5) is 22.2. The molecule has 0 aliphatic heterocycles. The van der Waals surface area contributed by atoms with E-state index in [0.29, 0.717) is 18.3 Å². The van der Waals surface area contributed by atoms with Gasteiger partial charge in [-0.1, -0.05) is 0 Å². The minimum absolute atomic E-state index is 0.0146. The number of hydrogen-bond acceptors (Lipinski definition) is 11. The van der Waals surface area contributed by atoms with Crippen LogP contribution in [0.3, 0.4) is 0 Å². The predicted molar refractivity (Wildman–Crippen MR) is 123 cm³/mol. The summed E-state index contributed by atoms with van der Waals surface area (Å²) in [6.07, 6.45) is -3.44. The molecular weight excluding hydrogens is 545 g/mol. The topological polar surface area (TPSA) is 154 Å². The molecule has 0 radical (unpaired) electrons. The Hall–Kier alpha value is -3.70. The number of carbonyl (C=O) groups excluding carboxylic acids is 1. The van der Waals surface area contributed by atoms with Gasteiger partial charge in [0.25, 0.3) is 10.0 Å². The number of hydroxylamine groups is 1. The molecule has 1 heterocycles. The normalized spacial score (nSPS) is 12.4.